The maximum absolute atomic E-state index is 5.69. The second kappa shape index (κ2) is 11.7. The van der Waals surface area contributed by atoms with Crippen molar-refractivity contribution in [3.05, 3.63) is 37.1 Å². The van der Waals surface area contributed by atoms with Gasteiger partial charge in [0.05, 0.1) is 6.61 Å². The molecule has 0 N–H and O–H groups in total. The molecule has 3 nitrogen and oxygen atoms in total. The van der Waals surface area contributed by atoms with Gasteiger partial charge in [0.15, 0.2) is 6.29 Å². The van der Waals surface area contributed by atoms with Gasteiger partial charge < -0.3 is 14.2 Å². The summed E-state index contributed by atoms with van der Waals surface area (Å²) in [5.41, 5.74) is 0. The van der Waals surface area contributed by atoms with Crippen LogP contribution in [0.15, 0.2) is 37.1 Å². The zero-order valence-corrected chi connectivity index (χ0v) is 12.5. The van der Waals surface area contributed by atoms with Gasteiger partial charge in [-0.05, 0) is 50.7 Å². The first-order valence-electron chi connectivity index (χ1n) is 7.68. The standard InChI is InChI=1S/C17H28O3/c1-3-11-16(4-2)18-13-8-5-6-9-14-19-17-12-7-10-15-20-17/h3-4,11,17H,1-2,5-10,12-15H2/b16-11+. The van der Waals surface area contributed by atoms with Crippen molar-refractivity contribution in [3.8, 4) is 0 Å². The lowest BCUT2D eigenvalue weighted by Gasteiger charge is -2.22. The Kier molecular flexibility index (Phi) is 9.98. The molecule has 0 saturated carbocycles. The summed E-state index contributed by atoms with van der Waals surface area (Å²) in [5, 5.41) is 0. The molecule has 0 aliphatic carbocycles. The SMILES string of the molecule is C=C/C=C(\C=C)OCCCCCCOC1CCCCO1. The molecule has 0 amide bonds. The molecule has 1 unspecified atom stereocenters. The van der Waals surface area contributed by atoms with E-state index in [1.807, 2.05) is 6.08 Å². The average molecular weight is 280 g/mol. The van der Waals surface area contributed by atoms with Crippen molar-refractivity contribution in [1.82, 2.24) is 0 Å². The van der Waals surface area contributed by atoms with Crippen LogP contribution in [0.4, 0.5) is 0 Å². The second-order valence-corrected chi connectivity index (χ2v) is 4.94. The maximum atomic E-state index is 5.69. The molecule has 0 bridgehead atoms. The number of unbranched alkanes of at least 4 members (excludes halogenated alkanes) is 3. The molecule has 3 heteroatoms. The van der Waals surface area contributed by atoms with Crippen molar-refractivity contribution >= 4 is 0 Å². The lowest BCUT2D eigenvalue weighted by atomic mass is 10.2. The minimum Gasteiger partial charge on any atom is -0.494 e. The van der Waals surface area contributed by atoms with Crippen LogP contribution in [0.25, 0.3) is 0 Å². The summed E-state index contributed by atoms with van der Waals surface area (Å²) in [4.78, 5) is 0. The molecule has 0 aromatic rings. The Morgan fingerprint density at radius 1 is 1.10 bits per heavy atom. The second-order valence-electron chi connectivity index (χ2n) is 4.94. The molecule has 1 atom stereocenters. The summed E-state index contributed by atoms with van der Waals surface area (Å²) in [6.45, 7) is 9.72. The average Bonchev–Trinajstić information content (AvgIpc) is 2.49. The Balaban J connectivity index is 1.88. The van der Waals surface area contributed by atoms with Crippen molar-refractivity contribution in [2.45, 2.75) is 51.2 Å². The fourth-order valence-electron chi connectivity index (χ4n) is 2.10. The lowest BCUT2D eigenvalue weighted by molar-refractivity contribution is -0.162. The van der Waals surface area contributed by atoms with Crippen molar-refractivity contribution < 1.29 is 14.2 Å². The summed E-state index contributed by atoms with van der Waals surface area (Å²) < 4.78 is 16.8. The topological polar surface area (TPSA) is 27.7 Å². The van der Waals surface area contributed by atoms with Crippen LogP contribution in [-0.2, 0) is 14.2 Å². The lowest BCUT2D eigenvalue weighted by Crippen LogP contribution is -2.22. The molecule has 114 valence electrons. The Bertz CT molecular complexity index is 291. The zero-order chi connectivity index (χ0) is 14.5. The van der Waals surface area contributed by atoms with Crippen LogP contribution < -0.4 is 0 Å². The van der Waals surface area contributed by atoms with Gasteiger partial charge in [-0.15, -0.1) is 0 Å². The molecule has 0 radical (unpaired) electrons. The van der Waals surface area contributed by atoms with Crippen molar-refractivity contribution in [2.24, 2.45) is 0 Å². The van der Waals surface area contributed by atoms with E-state index in [-0.39, 0.29) is 6.29 Å². The predicted molar refractivity (Wildman–Crippen MR) is 82.4 cm³/mol. The van der Waals surface area contributed by atoms with Gasteiger partial charge in [-0.1, -0.05) is 25.7 Å². The van der Waals surface area contributed by atoms with Crippen LogP contribution in [0.1, 0.15) is 44.9 Å². The normalized spacial score (nSPS) is 19.6. The highest BCUT2D eigenvalue weighted by Gasteiger charge is 2.13. The van der Waals surface area contributed by atoms with E-state index >= 15 is 0 Å². The minimum atomic E-state index is 0.0475. The first kappa shape index (κ1) is 17.0. The third-order valence-corrected chi connectivity index (χ3v) is 3.23. The first-order valence-corrected chi connectivity index (χ1v) is 7.68. The maximum Gasteiger partial charge on any atom is 0.157 e. The van der Waals surface area contributed by atoms with Crippen LogP contribution >= 0.6 is 0 Å². The highest BCUT2D eigenvalue weighted by Crippen LogP contribution is 2.14. The highest BCUT2D eigenvalue weighted by atomic mass is 16.7. The summed E-state index contributed by atoms with van der Waals surface area (Å²) in [5.74, 6) is 0.790. The van der Waals surface area contributed by atoms with E-state index in [0.717, 1.165) is 51.3 Å². The molecule has 0 aromatic heterocycles. The number of hydrogen-bond acceptors (Lipinski definition) is 3. The molecule has 1 saturated heterocycles. The minimum absolute atomic E-state index is 0.0475. The molecule has 0 spiro atoms. The van der Waals surface area contributed by atoms with Crippen LogP contribution in [0.5, 0.6) is 0 Å². The fraction of sp³-hybridized carbons (Fsp3) is 0.647. The van der Waals surface area contributed by atoms with Gasteiger partial charge in [0.25, 0.3) is 0 Å². The Labute approximate surface area is 123 Å². The molecule has 1 rings (SSSR count). The molecule has 20 heavy (non-hydrogen) atoms. The number of rotatable bonds is 11. The number of ether oxygens (including phenoxy) is 3. The Morgan fingerprint density at radius 2 is 1.90 bits per heavy atom. The smallest absolute Gasteiger partial charge is 0.157 e. The van der Waals surface area contributed by atoms with Crippen LogP contribution in [0.2, 0.25) is 0 Å². The summed E-state index contributed by atoms with van der Waals surface area (Å²) in [7, 11) is 0. The van der Waals surface area contributed by atoms with Crippen LogP contribution in [0, 0.1) is 0 Å². The van der Waals surface area contributed by atoms with Crippen molar-refractivity contribution in [3.63, 3.8) is 0 Å². The largest absolute Gasteiger partial charge is 0.494 e. The zero-order valence-electron chi connectivity index (χ0n) is 12.5. The molecule has 1 aliphatic heterocycles. The number of allylic oxidation sites excluding steroid dienone is 3. The van der Waals surface area contributed by atoms with Gasteiger partial charge in [0.2, 0.25) is 0 Å². The highest BCUT2D eigenvalue weighted by molar-refractivity contribution is 5.14. The quantitative estimate of drug-likeness (QED) is 0.320. The molecule has 0 aromatic carbocycles. The summed E-state index contributed by atoms with van der Waals surface area (Å²) in [6.07, 6.45) is 13.2. The van der Waals surface area contributed by atoms with Crippen LogP contribution in [-0.4, -0.2) is 26.1 Å². The van der Waals surface area contributed by atoms with Gasteiger partial charge in [-0.2, -0.15) is 0 Å². The van der Waals surface area contributed by atoms with E-state index in [1.165, 1.54) is 19.3 Å². The Hall–Kier alpha value is -1.06. The van der Waals surface area contributed by atoms with Gasteiger partial charge >= 0.3 is 0 Å². The monoisotopic (exact) mass is 280 g/mol. The fourth-order valence-corrected chi connectivity index (χ4v) is 2.10. The van der Waals surface area contributed by atoms with E-state index in [9.17, 15) is 0 Å². The van der Waals surface area contributed by atoms with E-state index < -0.39 is 0 Å². The van der Waals surface area contributed by atoms with Crippen molar-refractivity contribution in [1.29, 1.82) is 0 Å². The Morgan fingerprint density at radius 3 is 2.55 bits per heavy atom. The third-order valence-electron chi connectivity index (χ3n) is 3.23. The van der Waals surface area contributed by atoms with Crippen LogP contribution in [0.3, 0.4) is 0 Å². The predicted octanol–water partition coefficient (Wildman–Crippen LogP) is 4.36. The molecule has 1 heterocycles. The first-order chi connectivity index (χ1) is 9.86. The van der Waals surface area contributed by atoms with Gasteiger partial charge in [0, 0.05) is 13.2 Å². The van der Waals surface area contributed by atoms with E-state index in [2.05, 4.69) is 13.2 Å². The molecule has 1 fully saturated rings. The van der Waals surface area contributed by atoms with Gasteiger partial charge in [-0.25, -0.2) is 0 Å². The van der Waals surface area contributed by atoms with Crippen molar-refractivity contribution in [2.75, 3.05) is 19.8 Å². The molecule has 1 aliphatic rings. The summed E-state index contributed by atoms with van der Waals surface area (Å²) in [6, 6.07) is 0. The third kappa shape index (κ3) is 8.18. The van der Waals surface area contributed by atoms with Gasteiger partial charge in [-0.3, -0.25) is 0 Å². The molecular weight excluding hydrogens is 252 g/mol. The summed E-state index contributed by atoms with van der Waals surface area (Å²) >= 11 is 0. The van der Waals surface area contributed by atoms with E-state index in [4.69, 9.17) is 14.2 Å². The van der Waals surface area contributed by atoms with Gasteiger partial charge in [0.1, 0.15) is 5.76 Å². The van der Waals surface area contributed by atoms with E-state index in [0.29, 0.717) is 0 Å². The molecular formula is C17H28O3. The number of hydrogen-bond donors (Lipinski definition) is 0. The van der Waals surface area contributed by atoms with E-state index in [1.54, 1.807) is 12.2 Å².